The Morgan fingerprint density at radius 3 is 2.50 bits per heavy atom. The van der Waals surface area contributed by atoms with Crippen molar-refractivity contribution in [3.8, 4) is 0 Å². The SMILES string of the molecule is C1=CCCC(OC2C=CC=CC2N(c2ccc3ccc4c(c3c2)=CCCC=4)C2C=CC(C3C=CC=CC3)=CC2)=C1. The first kappa shape index (κ1) is 25.0. The lowest BCUT2D eigenvalue weighted by Gasteiger charge is -2.42. The van der Waals surface area contributed by atoms with Gasteiger partial charge in [0.05, 0.1) is 17.8 Å². The Balaban J connectivity index is 1.28. The zero-order valence-electron chi connectivity index (χ0n) is 23.0. The van der Waals surface area contributed by atoms with Crippen molar-refractivity contribution in [3.05, 3.63) is 137 Å². The van der Waals surface area contributed by atoms with Gasteiger partial charge in [0.2, 0.25) is 0 Å². The minimum absolute atomic E-state index is 0.0479. The minimum Gasteiger partial charge on any atom is -0.488 e. The molecule has 0 saturated carbocycles. The Labute approximate surface area is 237 Å². The molecule has 0 heterocycles. The van der Waals surface area contributed by atoms with E-state index >= 15 is 0 Å². The van der Waals surface area contributed by atoms with Crippen molar-refractivity contribution >= 4 is 28.6 Å². The van der Waals surface area contributed by atoms with Crippen molar-refractivity contribution in [1.29, 1.82) is 0 Å². The van der Waals surface area contributed by atoms with Gasteiger partial charge in [-0.15, -0.1) is 0 Å². The summed E-state index contributed by atoms with van der Waals surface area (Å²) < 4.78 is 6.70. The summed E-state index contributed by atoms with van der Waals surface area (Å²) in [6, 6.07) is 11.9. The van der Waals surface area contributed by atoms with Crippen LogP contribution in [0.5, 0.6) is 0 Å². The first-order chi connectivity index (χ1) is 19.8. The van der Waals surface area contributed by atoms with Crippen LogP contribution in [0.3, 0.4) is 0 Å². The van der Waals surface area contributed by atoms with Crippen molar-refractivity contribution in [2.45, 2.75) is 56.7 Å². The molecule has 200 valence electrons. The van der Waals surface area contributed by atoms with E-state index in [4.69, 9.17) is 4.74 Å². The fraction of sp³-hybridized carbons (Fsp3) is 0.263. The fourth-order valence-corrected chi connectivity index (χ4v) is 6.69. The van der Waals surface area contributed by atoms with Gasteiger partial charge in [-0.1, -0.05) is 103 Å². The summed E-state index contributed by atoms with van der Waals surface area (Å²) in [7, 11) is 0. The first-order valence-corrected chi connectivity index (χ1v) is 14.9. The number of ether oxygens (including phenoxy) is 1. The van der Waals surface area contributed by atoms with Gasteiger partial charge < -0.3 is 9.64 Å². The fourth-order valence-electron chi connectivity index (χ4n) is 6.69. The predicted molar refractivity (Wildman–Crippen MR) is 169 cm³/mol. The molecule has 7 rings (SSSR count). The third-order valence-electron chi connectivity index (χ3n) is 8.77. The van der Waals surface area contributed by atoms with Crippen LogP contribution in [-0.4, -0.2) is 18.2 Å². The van der Waals surface area contributed by atoms with Gasteiger partial charge in [0.25, 0.3) is 0 Å². The molecule has 2 aromatic rings. The third-order valence-corrected chi connectivity index (χ3v) is 8.77. The van der Waals surface area contributed by atoms with E-state index in [1.165, 1.54) is 32.5 Å². The van der Waals surface area contributed by atoms with Gasteiger partial charge in [0.1, 0.15) is 6.10 Å². The van der Waals surface area contributed by atoms with E-state index in [1.807, 2.05) is 0 Å². The molecule has 0 saturated heterocycles. The maximum absolute atomic E-state index is 6.70. The summed E-state index contributed by atoms with van der Waals surface area (Å²) in [5, 5.41) is 5.40. The Morgan fingerprint density at radius 1 is 0.750 bits per heavy atom. The molecule has 5 aliphatic rings. The van der Waals surface area contributed by atoms with Crippen molar-refractivity contribution in [1.82, 2.24) is 0 Å². The molecule has 0 N–H and O–H groups in total. The van der Waals surface area contributed by atoms with Gasteiger partial charge >= 0.3 is 0 Å². The summed E-state index contributed by atoms with van der Waals surface area (Å²) in [4.78, 5) is 2.61. The van der Waals surface area contributed by atoms with Gasteiger partial charge in [-0.2, -0.15) is 0 Å². The number of fused-ring (bicyclic) bond motifs is 3. The van der Waals surface area contributed by atoms with Crippen LogP contribution in [0.4, 0.5) is 5.69 Å². The van der Waals surface area contributed by atoms with E-state index in [9.17, 15) is 0 Å². The highest BCUT2D eigenvalue weighted by atomic mass is 16.5. The number of hydrogen-bond donors (Lipinski definition) is 0. The number of hydrogen-bond acceptors (Lipinski definition) is 2. The Morgan fingerprint density at radius 2 is 1.65 bits per heavy atom. The molecule has 0 radical (unpaired) electrons. The summed E-state index contributed by atoms with van der Waals surface area (Å²) in [6.07, 6.45) is 42.6. The van der Waals surface area contributed by atoms with Crippen LogP contribution in [-0.2, 0) is 4.74 Å². The van der Waals surface area contributed by atoms with E-state index in [0.717, 1.165) is 44.3 Å². The van der Waals surface area contributed by atoms with Crippen molar-refractivity contribution in [2.75, 3.05) is 4.90 Å². The molecule has 40 heavy (non-hydrogen) atoms. The van der Waals surface area contributed by atoms with Crippen molar-refractivity contribution < 1.29 is 4.74 Å². The molecule has 5 aliphatic carbocycles. The molecule has 4 atom stereocenters. The number of rotatable bonds is 6. The molecular weight excluding hydrogens is 486 g/mol. The number of anilines is 1. The topological polar surface area (TPSA) is 12.5 Å². The standard InChI is InChI=1S/C38H37NO/c1-3-11-28(12-4-1)29-21-24-32(25-22-29)39(37-17-9-10-18-38(37)40-34-14-5-2-6-15-34)33-26-23-31-20-19-30-13-7-8-16-35(30)36(31)27-33/h1-5,9-11,13-14,16-24,26-28,32,37-38H,6-8,12,15,25H2. The molecule has 0 spiro atoms. The highest BCUT2D eigenvalue weighted by Crippen LogP contribution is 2.34. The molecule has 0 amide bonds. The molecule has 2 nitrogen and oxygen atoms in total. The highest BCUT2D eigenvalue weighted by Gasteiger charge is 2.32. The number of benzene rings is 2. The quantitative estimate of drug-likeness (QED) is 0.389. The molecule has 2 heteroatoms. The van der Waals surface area contributed by atoms with Gasteiger partial charge in [0.15, 0.2) is 0 Å². The maximum atomic E-state index is 6.70. The highest BCUT2D eigenvalue weighted by molar-refractivity contribution is 5.87. The van der Waals surface area contributed by atoms with Crippen LogP contribution in [0, 0.1) is 5.92 Å². The van der Waals surface area contributed by atoms with Gasteiger partial charge in [-0.25, -0.2) is 0 Å². The summed E-state index contributed by atoms with van der Waals surface area (Å²) in [6.45, 7) is 0. The second-order valence-electron chi connectivity index (χ2n) is 11.3. The summed E-state index contributed by atoms with van der Waals surface area (Å²) in [5.74, 6) is 1.56. The zero-order valence-corrected chi connectivity index (χ0v) is 23.0. The van der Waals surface area contributed by atoms with Crippen molar-refractivity contribution in [2.24, 2.45) is 5.92 Å². The average molecular weight is 524 g/mol. The molecule has 2 aromatic carbocycles. The van der Waals surface area contributed by atoms with Crippen molar-refractivity contribution in [3.63, 3.8) is 0 Å². The van der Waals surface area contributed by atoms with Gasteiger partial charge in [-0.05, 0) is 83.2 Å². The van der Waals surface area contributed by atoms with E-state index in [1.54, 1.807) is 0 Å². The lowest BCUT2D eigenvalue weighted by molar-refractivity contribution is 0.130. The minimum atomic E-state index is -0.0479. The van der Waals surface area contributed by atoms with Gasteiger partial charge in [0, 0.05) is 18.0 Å². The second kappa shape index (κ2) is 11.2. The van der Waals surface area contributed by atoms with Crippen LogP contribution < -0.4 is 15.3 Å². The van der Waals surface area contributed by atoms with E-state index < -0.39 is 0 Å². The van der Waals surface area contributed by atoms with Crippen LogP contribution >= 0.6 is 0 Å². The predicted octanol–water partition coefficient (Wildman–Crippen LogP) is 7.50. The summed E-state index contributed by atoms with van der Waals surface area (Å²) >= 11 is 0. The molecule has 0 fully saturated rings. The molecule has 0 aliphatic heterocycles. The lowest BCUT2D eigenvalue weighted by atomic mass is 9.87. The Bertz CT molecular complexity index is 1660. The second-order valence-corrected chi connectivity index (χ2v) is 11.3. The van der Waals surface area contributed by atoms with E-state index in [0.29, 0.717) is 5.92 Å². The number of allylic oxidation sites excluding steroid dienone is 12. The van der Waals surface area contributed by atoms with E-state index in [-0.39, 0.29) is 18.2 Å². The Kier molecular flexibility index (Phi) is 7.00. The summed E-state index contributed by atoms with van der Waals surface area (Å²) in [5.41, 5.74) is 2.68. The van der Waals surface area contributed by atoms with Crippen LogP contribution in [0.2, 0.25) is 0 Å². The molecule has 0 bridgehead atoms. The molecular formula is C38H37NO. The zero-order chi connectivity index (χ0) is 26.7. The smallest absolute Gasteiger partial charge is 0.140 e. The number of nitrogens with zero attached hydrogens (tertiary/aromatic N) is 1. The normalized spacial score (nSPS) is 26.5. The monoisotopic (exact) mass is 523 g/mol. The van der Waals surface area contributed by atoms with Crippen LogP contribution in [0.1, 0.15) is 38.5 Å². The van der Waals surface area contributed by atoms with Crippen LogP contribution in [0.25, 0.3) is 22.9 Å². The average Bonchev–Trinajstić information content (AvgIpc) is 3.03. The molecule has 4 unspecified atom stereocenters. The lowest BCUT2D eigenvalue weighted by Crippen LogP contribution is -2.49. The Hall–Kier alpha value is -4.04. The first-order valence-electron chi connectivity index (χ1n) is 14.9. The largest absolute Gasteiger partial charge is 0.488 e. The molecule has 0 aromatic heterocycles. The van der Waals surface area contributed by atoms with Gasteiger partial charge in [-0.3, -0.25) is 0 Å². The maximum Gasteiger partial charge on any atom is 0.140 e. The van der Waals surface area contributed by atoms with E-state index in [2.05, 4.69) is 132 Å². The van der Waals surface area contributed by atoms with Crippen LogP contribution in [0.15, 0.2) is 127 Å². The third kappa shape index (κ3) is 4.99.